The van der Waals surface area contributed by atoms with Crippen molar-refractivity contribution >= 4 is 5.97 Å². The second-order valence-electron chi connectivity index (χ2n) is 10.6. The van der Waals surface area contributed by atoms with E-state index in [0.717, 1.165) is 66.9 Å². The SMILES string of the molecule is CCCCCCCCOc1ccc(COc2ccc(-c3ccc(OC(C)C(=O)OCCCCCC)cc3)cc2)cc1. The van der Waals surface area contributed by atoms with Crippen molar-refractivity contribution in [3.8, 4) is 28.4 Å². The Bertz CT molecular complexity index is 1110. The van der Waals surface area contributed by atoms with Crippen LogP contribution in [-0.2, 0) is 16.1 Å². The molecule has 5 nitrogen and oxygen atoms in total. The summed E-state index contributed by atoms with van der Waals surface area (Å²) in [4.78, 5) is 12.2. The lowest BCUT2D eigenvalue weighted by atomic mass is 10.1. The number of rotatable bonds is 20. The fraction of sp³-hybridized carbons (Fsp3) is 0.472. The van der Waals surface area contributed by atoms with Crippen molar-refractivity contribution in [2.45, 2.75) is 97.7 Å². The van der Waals surface area contributed by atoms with Gasteiger partial charge in [0.2, 0.25) is 0 Å². The van der Waals surface area contributed by atoms with Gasteiger partial charge in [0.05, 0.1) is 13.2 Å². The molecule has 3 aromatic carbocycles. The topological polar surface area (TPSA) is 54.0 Å². The van der Waals surface area contributed by atoms with Crippen molar-refractivity contribution in [2.75, 3.05) is 13.2 Å². The van der Waals surface area contributed by atoms with Gasteiger partial charge >= 0.3 is 5.97 Å². The first-order valence-electron chi connectivity index (χ1n) is 15.5. The molecule has 3 aromatic rings. The highest BCUT2D eigenvalue weighted by Crippen LogP contribution is 2.26. The van der Waals surface area contributed by atoms with Gasteiger partial charge in [-0.25, -0.2) is 4.79 Å². The maximum Gasteiger partial charge on any atom is 0.347 e. The molecule has 222 valence electrons. The minimum Gasteiger partial charge on any atom is -0.494 e. The molecule has 1 unspecified atom stereocenters. The van der Waals surface area contributed by atoms with Gasteiger partial charge in [-0.3, -0.25) is 0 Å². The van der Waals surface area contributed by atoms with Crippen molar-refractivity contribution in [1.29, 1.82) is 0 Å². The van der Waals surface area contributed by atoms with Crippen LogP contribution < -0.4 is 14.2 Å². The number of unbranched alkanes of at least 4 members (excludes halogenated alkanes) is 8. The quantitative estimate of drug-likeness (QED) is 0.102. The zero-order chi connectivity index (χ0) is 29.1. The monoisotopic (exact) mass is 560 g/mol. The molecule has 0 heterocycles. The average Bonchev–Trinajstić information content (AvgIpc) is 3.00. The molecule has 5 heteroatoms. The van der Waals surface area contributed by atoms with Crippen molar-refractivity contribution in [2.24, 2.45) is 0 Å². The molecule has 0 radical (unpaired) electrons. The summed E-state index contributed by atoms with van der Waals surface area (Å²) in [7, 11) is 0. The van der Waals surface area contributed by atoms with Gasteiger partial charge in [0.15, 0.2) is 6.10 Å². The Hall–Kier alpha value is -3.47. The summed E-state index contributed by atoms with van der Waals surface area (Å²) in [5, 5.41) is 0. The molecule has 0 fully saturated rings. The van der Waals surface area contributed by atoms with Gasteiger partial charge in [-0.05, 0) is 72.9 Å². The molecule has 0 saturated heterocycles. The predicted octanol–water partition coefficient (Wildman–Crippen LogP) is 9.56. The van der Waals surface area contributed by atoms with Gasteiger partial charge in [0.25, 0.3) is 0 Å². The number of carbonyl (C=O) groups is 1. The molecular formula is C36H48O5. The molecule has 3 rings (SSSR count). The fourth-order valence-electron chi connectivity index (χ4n) is 4.46. The molecule has 1 atom stereocenters. The highest BCUT2D eigenvalue weighted by Gasteiger charge is 2.16. The molecule has 0 saturated carbocycles. The molecule has 0 aliphatic heterocycles. The zero-order valence-electron chi connectivity index (χ0n) is 25.2. The zero-order valence-corrected chi connectivity index (χ0v) is 25.2. The number of benzene rings is 3. The van der Waals surface area contributed by atoms with E-state index in [1.54, 1.807) is 6.92 Å². The molecule has 0 aliphatic rings. The van der Waals surface area contributed by atoms with Crippen LogP contribution in [0.4, 0.5) is 0 Å². The Kier molecular flexibility index (Phi) is 14.7. The maximum atomic E-state index is 12.2. The van der Waals surface area contributed by atoms with E-state index in [9.17, 15) is 4.79 Å². The molecule has 0 N–H and O–H groups in total. The Balaban J connectivity index is 1.38. The summed E-state index contributed by atoms with van der Waals surface area (Å²) in [6, 6.07) is 23.9. The Labute approximate surface area is 247 Å². The Morgan fingerprint density at radius 3 is 1.71 bits per heavy atom. The van der Waals surface area contributed by atoms with Gasteiger partial charge in [-0.15, -0.1) is 0 Å². The van der Waals surface area contributed by atoms with Crippen LogP contribution in [0.5, 0.6) is 17.2 Å². The van der Waals surface area contributed by atoms with E-state index in [0.29, 0.717) is 19.0 Å². The van der Waals surface area contributed by atoms with Crippen LogP contribution in [0.2, 0.25) is 0 Å². The maximum absolute atomic E-state index is 12.2. The van der Waals surface area contributed by atoms with Crippen molar-refractivity contribution in [3.63, 3.8) is 0 Å². The van der Waals surface area contributed by atoms with E-state index in [2.05, 4.69) is 26.0 Å². The lowest BCUT2D eigenvalue weighted by Crippen LogP contribution is -2.26. The summed E-state index contributed by atoms with van der Waals surface area (Å²) in [6.07, 6.45) is 11.2. The number of carbonyl (C=O) groups excluding carboxylic acids is 1. The molecular weight excluding hydrogens is 512 g/mol. The van der Waals surface area contributed by atoms with E-state index < -0.39 is 6.10 Å². The van der Waals surface area contributed by atoms with E-state index in [1.165, 1.54) is 32.1 Å². The van der Waals surface area contributed by atoms with Crippen molar-refractivity contribution in [3.05, 3.63) is 78.4 Å². The van der Waals surface area contributed by atoms with Gasteiger partial charge in [0.1, 0.15) is 23.9 Å². The molecule has 0 amide bonds. The lowest BCUT2D eigenvalue weighted by Gasteiger charge is -2.14. The molecule has 0 spiro atoms. The van der Waals surface area contributed by atoms with E-state index in [-0.39, 0.29) is 5.97 Å². The number of hydrogen-bond acceptors (Lipinski definition) is 5. The summed E-state index contributed by atoms with van der Waals surface area (Å²) < 4.78 is 23.0. The number of esters is 1. The predicted molar refractivity (Wildman–Crippen MR) is 167 cm³/mol. The summed E-state index contributed by atoms with van der Waals surface area (Å²) in [5.41, 5.74) is 3.24. The average molecular weight is 561 g/mol. The lowest BCUT2D eigenvalue weighted by molar-refractivity contribution is -0.151. The van der Waals surface area contributed by atoms with Crippen LogP contribution in [0.3, 0.4) is 0 Å². The van der Waals surface area contributed by atoms with Crippen LogP contribution in [0, 0.1) is 0 Å². The summed E-state index contributed by atoms with van der Waals surface area (Å²) in [5.74, 6) is 2.05. The highest BCUT2D eigenvalue weighted by atomic mass is 16.6. The molecule has 0 bridgehead atoms. The minimum absolute atomic E-state index is 0.325. The van der Waals surface area contributed by atoms with Gasteiger partial charge < -0.3 is 18.9 Å². The van der Waals surface area contributed by atoms with Gasteiger partial charge in [-0.2, -0.15) is 0 Å². The third kappa shape index (κ3) is 12.3. The van der Waals surface area contributed by atoms with Crippen LogP contribution in [0.1, 0.15) is 90.5 Å². The number of ether oxygens (including phenoxy) is 4. The van der Waals surface area contributed by atoms with E-state index >= 15 is 0 Å². The molecule has 41 heavy (non-hydrogen) atoms. The van der Waals surface area contributed by atoms with Crippen LogP contribution >= 0.6 is 0 Å². The second-order valence-corrected chi connectivity index (χ2v) is 10.6. The van der Waals surface area contributed by atoms with Crippen molar-refractivity contribution < 1.29 is 23.7 Å². The van der Waals surface area contributed by atoms with Crippen LogP contribution in [0.25, 0.3) is 11.1 Å². The smallest absolute Gasteiger partial charge is 0.347 e. The minimum atomic E-state index is -0.641. The molecule has 0 aromatic heterocycles. The highest BCUT2D eigenvalue weighted by molar-refractivity contribution is 5.74. The first-order chi connectivity index (χ1) is 20.1. The normalized spacial score (nSPS) is 11.6. The Morgan fingerprint density at radius 2 is 1.07 bits per heavy atom. The first-order valence-corrected chi connectivity index (χ1v) is 15.5. The van der Waals surface area contributed by atoms with E-state index in [1.807, 2.05) is 60.7 Å². The standard InChI is InChI=1S/C36H48O5/c1-4-6-8-10-11-13-26-38-33-20-14-30(15-21-33)28-40-34-22-16-31(17-23-34)32-18-24-35(25-19-32)41-29(3)36(37)39-27-12-9-7-5-2/h14-25,29H,4-13,26-28H2,1-3H3. The van der Waals surface area contributed by atoms with Crippen LogP contribution in [0.15, 0.2) is 72.8 Å². The summed E-state index contributed by atoms with van der Waals surface area (Å²) in [6.45, 7) is 7.85. The third-order valence-corrected chi connectivity index (χ3v) is 7.02. The van der Waals surface area contributed by atoms with Crippen LogP contribution in [-0.4, -0.2) is 25.3 Å². The van der Waals surface area contributed by atoms with Crippen molar-refractivity contribution in [1.82, 2.24) is 0 Å². The number of hydrogen-bond donors (Lipinski definition) is 0. The Morgan fingerprint density at radius 1 is 0.585 bits per heavy atom. The second kappa shape index (κ2) is 18.8. The molecule has 0 aliphatic carbocycles. The largest absolute Gasteiger partial charge is 0.494 e. The summed E-state index contributed by atoms with van der Waals surface area (Å²) >= 11 is 0. The van der Waals surface area contributed by atoms with Gasteiger partial charge in [0, 0.05) is 0 Å². The third-order valence-electron chi connectivity index (χ3n) is 7.02. The fourth-order valence-corrected chi connectivity index (χ4v) is 4.46. The first kappa shape index (κ1) is 32.0. The van der Waals surface area contributed by atoms with Gasteiger partial charge in [-0.1, -0.05) is 102 Å². The van der Waals surface area contributed by atoms with E-state index in [4.69, 9.17) is 18.9 Å².